The average molecular weight is 395 g/mol. The van der Waals surface area contributed by atoms with Crippen molar-refractivity contribution in [1.82, 2.24) is 25.1 Å². The van der Waals surface area contributed by atoms with Gasteiger partial charge in [-0.15, -0.1) is 0 Å². The summed E-state index contributed by atoms with van der Waals surface area (Å²) in [6.07, 6.45) is 7.62. The van der Waals surface area contributed by atoms with Crippen molar-refractivity contribution in [3.63, 3.8) is 0 Å². The number of benzene rings is 1. The molecule has 2 aliphatic rings. The predicted molar refractivity (Wildman–Crippen MR) is 106 cm³/mol. The van der Waals surface area contributed by atoms with Gasteiger partial charge in [-0.25, -0.2) is 9.78 Å². The van der Waals surface area contributed by atoms with E-state index in [-0.39, 0.29) is 12.5 Å². The Balaban J connectivity index is 1.51. The lowest BCUT2D eigenvalue weighted by molar-refractivity contribution is -0.136. The van der Waals surface area contributed by atoms with Crippen molar-refractivity contribution in [2.75, 3.05) is 6.54 Å². The fraction of sp³-hybridized carbons (Fsp3) is 0.429. The van der Waals surface area contributed by atoms with E-state index in [4.69, 9.17) is 0 Å². The number of amides is 4. The maximum atomic E-state index is 12.9. The number of nitrogens with one attached hydrogen (secondary N) is 2. The van der Waals surface area contributed by atoms with Gasteiger partial charge in [0.05, 0.1) is 0 Å². The van der Waals surface area contributed by atoms with Crippen molar-refractivity contribution in [2.24, 2.45) is 7.05 Å². The van der Waals surface area contributed by atoms with E-state index in [1.165, 1.54) is 0 Å². The second-order valence-corrected chi connectivity index (χ2v) is 7.77. The second-order valence-electron chi connectivity index (χ2n) is 7.77. The number of aromatic nitrogens is 2. The largest absolute Gasteiger partial charge is 0.341 e. The number of hydrogen-bond donors (Lipinski definition) is 2. The summed E-state index contributed by atoms with van der Waals surface area (Å²) in [7, 11) is 1.86. The summed E-state index contributed by atoms with van der Waals surface area (Å²) in [5.74, 6) is -0.0192. The third-order valence-electron chi connectivity index (χ3n) is 5.81. The van der Waals surface area contributed by atoms with Crippen LogP contribution < -0.4 is 10.6 Å². The molecule has 4 amide bonds. The van der Waals surface area contributed by atoms with Crippen LogP contribution in [-0.2, 0) is 16.6 Å². The summed E-state index contributed by atoms with van der Waals surface area (Å²) in [4.78, 5) is 43.6. The highest BCUT2D eigenvalue weighted by atomic mass is 16.2. The number of nitrogens with zero attached hydrogens (tertiary/aromatic N) is 3. The van der Waals surface area contributed by atoms with Crippen LogP contribution in [0.1, 0.15) is 49.5 Å². The lowest BCUT2D eigenvalue weighted by Crippen LogP contribution is -2.49. The lowest BCUT2D eigenvalue weighted by Gasteiger charge is -2.30. The number of imidazole rings is 1. The Morgan fingerprint density at radius 2 is 1.93 bits per heavy atom. The molecule has 1 aliphatic heterocycles. The third-order valence-corrected chi connectivity index (χ3v) is 5.81. The fourth-order valence-electron chi connectivity index (χ4n) is 4.26. The number of imide groups is 1. The highest BCUT2D eigenvalue weighted by molar-refractivity contribution is 6.09. The Kier molecular flexibility index (Phi) is 5.08. The van der Waals surface area contributed by atoms with Crippen LogP contribution in [0.4, 0.5) is 4.79 Å². The van der Waals surface area contributed by atoms with Gasteiger partial charge in [-0.3, -0.25) is 14.5 Å². The third kappa shape index (κ3) is 3.62. The topological polar surface area (TPSA) is 96.3 Å². The first-order valence-electron chi connectivity index (χ1n) is 9.96. The summed E-state index contributed by atoms with van der Waals surface area (Å²) in [5, 5.41) is 5.78. The first-order chi connectivity index (χ1) is 14.0. The standard InChI is InChI=1S/C21H25N5O3/c1-25-13-12-22-18(25)17(15-8-4-2-5-9-15)23-16(27)14-26-19(28)21(24-20(26)29)10-6-3-7-11-21/h2,4-5,8-9,12-13,17H,3,6-7,10-11,14H2,1H3,(H,23,27)(H,24,29). The number of aryl methyl sites for hydroxylation is 1. The van der Waals surface area contributed by atoms with E-state index in [2.05, 4.69) is 15.6 Å². The van der Waals surface area contributed by atoms with Crippen molar-refractivity contribution in [2.45, 2.75) is 43.7 Å². The summed E-state index contributed by atoms with van der Waals surface area (Å²) >= 11 is 0. The zero-order valence-corrected chi connectivity index (χ0v) is 16.4. The van der Waals surface area contributed by atoms with Gasteiger partial charge >= 0.3 is 6.03 Å². The molecule has 1 saturated heterocycles. The van der Waals surface area contributed by atoms with Crippen LogP contribution in [-0.4, -0.2) is 44.4 Å². The molecule has 0 bridgehead atoms. The minimum atomic E-state index is -0.825. The van der Waals surface area contributed by atoms with E-state index >= 15 is 0 Å². The number of carbonyl (C=O) groups is 3. The van der Waals surface area contributed by atoms with E-state index in [1.54, 1.807) is 6.20 Å². The lowest BCUT2D eigenvalue weighted by atomic mass is 9.82. The first-order valence-corrected chi connectivity index (χ1v) is 9.96. The van der Waals surface area contributed by atoms with Crippen molar-refractivity contribution >= 4 is 17.8 Å². The zero-order valence-electron chi connectivity index (χ0n) is 16.4. The Labute approximate surface area is 169 Å². The molecule has 4 rings (SSSR count). The molecule has 2 heterocycles. The predicted octanol–water partition coefficient (Wildman–Crippen LogP) is 1.88. The van der Waals surface area contributed by atoms with E-state index in [1.807, 2.05) is 48.1 Å². The van der Waals surface area contributed by atoms with Crippen molar-refractivity contribution < 1.29 is 14.4 Å². The van der Waals surface area contributed by atoms with Crippen molar-refractivity contribution in [1.29, 1.82) is 0 Å². The van der Waals surface area contributed by atoms with Gasteiger partial charge in [-0.2, -0.15) is 0 Å². The molecule has 152 valence electrons. The SMILES string of the molecule is Cn1ccnc1C(NC(=O)CN1C(=O)NC2(CCCCC2)C1=O)c1ccccc1. The first kappa shape index (κ1) is 19.2. The van der Waals surface area contributed by atoms with Gasteiger partial charge in [0, 0.05) is 19.4 Å². The molecule has 2 N–H and O–H groups in total. The molecular weight excluding hydrogens is 370 g/mol. The van der Waals surface area contributed by atoms with Crippen LogP contribution in [0.5, 0.6) is 0 Å². The highest BCUT2D eigenvalue weighted by Gasteiger charge is 2.51. The molecule has 1 unspecified atom stereocenters. The van der Waals surface area contributed by atoms with Gasteiger partial charge in [0.1, 0.15) is 23.9 Å². The van der Waals surface area contributed by atoms with Crippen molar-refractivity contribution in [3.05, 3.63) is 54.1 Å². The van der Waals surface area contributed by atoms with E-state index in [0.717, 1.165) is 29.7 Å². The van der Waals surface area contributed by atoms with E-state index in [0.29, 0.717) is 18.7 Å². The quantitative estimate of drug-likeness (QED) is 0.756. The van der Waals surface area contributed by atoms with Crippen LogP contribution in [0.2, 0.25) is 0 Å². The molecule has 1 aromatic carbocycles. The molecule has 1 aliphatic carbocycles. The zero-order chi connectivity index (χ0) is 20.4. The molecular formula is C21H25N5O3. The summed E-state index contributed by atoms with van der Waals surface area (Å²) in [5.41, 5.74) is 0.0461. The van der Waals surface area contributed by atoms with Gasteiger partial charge in [-0.1, -0.05) is 49.6 Å². The Morgan fingerprint density at radius 1 is 1.21 bits per heavy atom. The molecule has 1 spiro atoms. The molecule has 1 atom stereocenters. The molecule has 8 nitrogen and oxygen atoms in total. The van der Waals surface area contributed by atoms with Gasteiger partial charge in [-0.05, 0) is 18.4 Å². The van der Waals surface area contributed by atoms with Crippen molar-refractivity contribution in [3.8, 4) is 0 Å². The van der Waals surface area contributed by atoms with E-state index < -0.39 is 23.5 Å². The summed E-state index contributed by atoms with van der Waals surface area (Å²) < 4.78 is 1.84. The van der Waals surface area contributed by atoms with Crippen LogP contribution in [0.3, 0.4) is 0 Å². The van der Waals surface area contributed by atoms with E-state index in [9.17, 15) is 14.4 Å². The van der Waals surface area contributed by atoms with Crippen LogP contribution >= 0.6 is 0 Å². The molecule has 0 radical (unpaired) electrons. The summed E-state index contributed by atoms with van der Waals surface area (Å²) in [6.45, 7) is -0.305. The maximum Gasteiger partial charge on any atom is 0.325 e. The minimum absolute atomic E-state index is 0.286. The highest BCUT2D eigenvalue weighted by Crippen LogP contribution is 2.33. The molecule has 8 heteroatoms. The monoisotopic (exact) mass is 395 g/mol. The molecule has 29 heavy (non-hydrogen) atoms. The number of rotatable bonds is 5. The van der Waals surface area contributed by atoms with Gasteiger partial charge < -0.3 is 15.2 Å². The molecule has 1 aromatic heterocycles. The maximum absolute atomic E-state index is 12.9. The summed E-state index contributed by atoms with van der Waals surface area (Å²) in [6, 6.07) is 8.53. The van der Waals surface area contributed by atoms with Crippen LogP contribution in [0, 0.1) is 0 Å². The smallest absolute Gasteiger partial charge is 0.325 e. The number of urea groups is 1. The minimum Gasteiger partial charge on any atom is -0.341 e. The average Bonchev–Trinajstić information content (AvgIpc) is 3.24. The Bertz CT molecular complexity index is 917. The van der Waals surface area contributed by atoms with Crippen LogP contribution in [0.25, 0.3) is 0 Å². The Morgan fingerprint density at radius 3 is 2.59 bits per heavy atom. The second kappa shape index (κ2) is 7.69. The number of hydrogen-bond acceptors (Lipinski definition) is 4. The molecule has 1 saturated carbocycles. The van der Waals surface area contributed by atoms with Gasteiger partial charge in [0.15, 0.2) is 0 Å². The molecule has 2 fully saturated rings. The molecule has 2 aromatic rings. The van der Waals surface area contributed by atoms with Gasteiger partial charge in [0.25, 0.3) is 5.91 Å². The normalized spacial score (nSPS) is 19.3. The fourth-order valence-corrected chi connectivity index (χ4v) is 4.26. The van der Waals surface area contributed by atoms with Crippen LogP contribution in [0.15, 0.2) is 42.7 Å². The van der Waals surface area contributed by atoms with Gasteiger partial charge in [0.2, 0.25) is 5.91 Å². The number of carbonyl (C=O) groups excluding carboxylic acids is 3. The Hall–Kier alpha value is -3.16.